The van der Waals surface area contributed by atoms with Gasteiger partial charge in [-0.3, -0.25) is 4.98 Å². The lowest BCUT2D eigenvalue weighted by Gasteiger charge is -2.28. The quantitative estimate of drug-likeness (QED) is 0.163. The standard InChI is InChI=1S/C31H45N5O2S/c1-28(2,3)19-13-17(14-20(23(19)37)29(4,5)6)32-25-34-26(36-27(39)35-25)33-18-15-21(30(7,8)9)24(38)22(16-18)31(10,11)12/h13-16,37-38H,1-12H3,(H3,32,33,34,35,36,39). The molecule has 0 aliphatic carbocycles. The van der Waals surface area contributed by atoms with Gasteiger partial charge in [-0.25, -0.2) is 0 Å². The molecule has 0 saturated carbocycles. The fourth-order valence-electron chi connectivity index (χ4n) is 4.48. The minimum atomic E-state index is -0.262. The number of nitrogens with one attached hydrogen (secondary N) is 3. The van der Waals surface area contributed by atoms with Crippen LogP contribution >= 0.6 is 12.2 Å². The lowest BCUT2D eigenvalue weighted by Crippen LogP contribution is -2.18. The van der Waals surface area contributed by atoms with Crippen LogP contribution in [0, 0.1) is 4.77 Å². The van der Waals surface area contributed by atoms with Gasteiger partial charge in [-0.2, -0.15) is 9.97 Å². The summed E-state index contributed by atoms with van der Waals surface area (Å²) < 4.78 is 0.176. The highest BCUT2D eigenvalue weighted by Gasteiger charge is 2.28. The van der Waals surface area contributed by atoms with E-state index in [9.17, 15) is 10.2 Å². The molecule has 7 nitrogen and oxygen atoms in total. The number of hydrogen-bond donors (Lipinski definition) is 5. The number of aromatic hydroxyl groups is 2. The van der Waals surface area contributed by atoms with Gasteiger partial charge in [-0.15, -0.1) is 0 Å². The smallest absolute Gasteiger partial charge is 0.225 e. The lowest BCUT2D eigenvalue weighted by molar-refractivity contribution is 0.422. The molecule has 0 unspecified atom stereocenters. The van der Waals surface area contributed by atoms with Crippen LogP contribution in [0.15, 0.2) is 24.3 Å². The minimum absolute atomic E-state index is 0.176. The second-order valence-electron chi connectivity index (χ2n) is 14.4. The molecule has 0 fully saturated rings. The predicted octanol–water partition coefficient (Wildman–Crippen LogP) is 8.62. The highest BCUT2D eigenvalue weighted by atomic mass is 32.1. The number of hydrogen-bond acceptors (Lipinski definition) is 7. The van der Waals surface area contributed by atoms with E-state index in [0.717, 1.165) is 33.6 Å². The number of aromatic nitrogens is 3. The van der Waals surface area contributed by atoms with Gasteiger partial charge in [0.15, 0.2) is 0 Å². The largest absolute Gasteiger partial charge is 0.507 e. The fourth-order valence-corrected chi connectivity index (χ4v) is 4.66. The van der Waals surface area contributed by atoms with Crippen LogP contribution in [0.2, 0.25) is 0 Å². The first-order chi connectivity index (χ1) is 17.6. The van der Waals surface area contributed by atoms with E-state index in [-0.39, 0.29) is 26.4 Å². The van der Waals surface area contributed by atoms with Crippen LogP contribution in [-0.4, -0.2) is 25.2 Å². The molecule has 0 aliphatic heterocycles. The van der Waals surface area contributed by atoms with Gasteiger partial charge in [0.05, 0.1) is 0 Å². The first-order valence-electron chi connectivity index (χ1n) is 13.4. The van der Waals surface area contributed by atoms with Gasteiger partial charge >= 0.3 is 0 Å². The highest BCUT2D eigenvalue weighted by molar-refractivity contribution is 7.71. The van der Waals surface area contributed by atoms with Crippen molar-refractivity contribution >= 4 is 35.5 Å². The SMILES string of the molecule is CC(C)(C)c1cc(Nc2nc(=S)nc(Nc3cc(C(C)(C)C)c(O)c(C(C)(C)C)c3)[nH]2)cc(C(C)(C)C)c1O. The van der Waals surface area contributed by atoms with Crippen LogP contribution in [-0.2, 0) is 21.7 Å². The summed E-state index contributed by atoms with van der Waals surface area (Å²) in [6.45, 7) is 24.9. The van der Waals surface area contributed by atoms with Crippen molar-refractivity contribution in [2.75, 3.05) is 10.6 Å². The molecule has 0 amide bonds. The van der Waals surface area contributed by atoms with Crippen LogP contribution in [0.3, 0.4) is 0 Å². The Balaban J connectivity index is 2.07. The summed E-state index contributed by atoms with van der Waals surface area (Å²) >= 11 is 5.40. The molecular weight excluding hydrogens is 506 g/mol. The summed E-state index contributed by atoms with van der Waals surface area (Å²) in [6, 6.07) is 7.79. The number of phenolic OH excluding ortho intramolecular Hbond substituents is 2. The Hall–Kier alpha value is -3.13. The average Bonchev–Trinajstić information content (AvgIpc) is 2.72. The zero-order valence-corrected chi connectivity index (χ0v) is 26.3. The van der Waals surface area contributed by atoms with Gasteiger partial charge in [0.25, 0.3) is 0 Å². The third-order valence-electron chi connectivity index (χ3n) is 6.63. The van der Waals surface area contributed by atoms with Crippen molar-refractivity contribution in [3.8, 4) is 11.5 Å². The lowest BCUT2D eigenvalue weighted by atomic mass is 9.79. The molecule has 1 heterocycles. The Morgan fingerprint density at radius 2 is 0.821 bits per heavy atom. The molecule has 2 aromatic carbocycles. The Kier molecular flexibility index (Phi) is 7.89. The van der Waals surface area contributed by atoms with Crippen LogP contribution in [0.1, 0.15) is 105 Å². The van der Waals surface area contributed by atoms with Crippen molar-refractivity contribution in [2.45, 2.75) is 105 Å². The molecule has 212 valence electrons. The Bertz CT molecular complexity index is 1260. The van der Waals surface area contributed by atoms with Crippen molar-refractivity contribution in [1.29, 1.82) is 0 Å². The van der Waals surface area contributed by atoms with E-state index in [0.29, 0.717) is 23.4 Å². The molecule has 1 aromatic heterocycles. The van der Waals surface area contributed by atoms with E-state index in [2.05, 4.69) is 109 Å². The zero-order valence-electron chi connectivity index (χ0n) is 25.5. The Morgan fingerprint density at radius 1 is 0.564 bits per heavy atom. The number of H-pyrrole nitrogens is 1. The molecule has 0 aliphatic rings. The van der Waals surface area contributed by atoms with Crippen LogP contribution in [0.25, 0.3) is 0 Å². The van der Waals surface area contributed by atoms with Gasteiger partial charge in [0.1, 0.15) is 11.5 Å². The molecule has 0 spiro atoms. The Labute approximate surface area is 238 Å². The average molecular weight is 552 g/mol. The van der Waals surface area contributed by atoms with Gasteiger partial charge in [0, 0.05) is 33.6 Å². The number of rotatable bonds is 4. The van der Waals surface area contributed by atoms with E-state index < -0.39 is 0 Å². The first kappa shape index (κ1) is 30.4. The number of aromatic amines is 1. The monoisotopic (exact) mass is 551 g/mol. The summed E-state index contributed by atoms with van der Waals surface area (Å²) in [7, 11) is 0. The summed E-state index contributed by atoms with van der Waals surface area (Å²) in [5.74, 6) is 1.48. The number of benzene rings is 2. The summed E-state index contributed by atoms with van der Waals surface area (Å²) in [5.41, 5.74) is 3.90. The molecule has 39 heavy (non-hydrogen) atoms. The maximum absolute atomic E-state index is 11.1. The zero-order chi connectivity index (χ0) is 29.7. The molecular formula is C31H45N5O2S. The number of phenols is 2. The van der Waals surface area contributed by atoms with E-state index >= 15 is 0 Å². The maximum atomic E-state index is 11.1. The maximum Gasteiger partial charge on any atom is 0.225 e. The molecule has 3 rings (SSSR count). The van der Waals surface area contributed by atoms with Crippen LogP contribution in [0.5, 0.6) is 11.5 Å². The molecule has 0 atom stereocenters. The van der Waals surface area contributed by atoms with E-state index in [1.165, 1.54) is 0 Å². The van der Waals surface area contributed by atoms with Crippen molar-refractivity contribution in [2.24, 2.45) is 0 Å². The van der Waals surface area contributed by atoms with Crippen molar-refractivity contribution < 1.29 is 10.2 Å². The number of anilines is 4. The minimum Gasteiger partial charge on any atom is -0.507 e. The van der Waals surface area contributed by atoms with Gasteiger partial charge < -0.3 is 20.8 Å². The molecule has 8 heteroatoms. The normalized spacial score (nSPS) is 12.9. The van der Waals surface area contributed by atoms with Crippen molar-refractivity contribution in [3.05, 3.63) is 51.3 Å². The molecule has 3 aromatic rings. The van der Waals surface area contributed by atoms with Crippen LogP contribution in [0.4, 0.5) is 23.3 Å². The van der Waals surface area contributed by atoms with Gasteiger partial charge in [0.2, 0.25) is 16.7 Å². The van der Waals surface area contributed by atoms with Crippen molar-refractivity contribution in [1.82, 2.24) is 15.0 Å². The molecule has 0 saturated heterocycles. The van der Waals surface area contributed by atoms with E-state index in [4.69, 9.17) is 12.2 Å². The summed E-state index contributed by atoms with van der Waals surface area (Å²) in [4.78, 5) is 12.0. The second kappa shape index (κ2) is 10.1. The van der Waals surface area contributed by atoms with Crippen LogP contribution < -0.4 is 10.6 Å². The van der Waals surface area contributed by atoms with E-state index in [1.807, 2.05) is 24.3 Å². The highest BCUT2D eigenvalue weighted by Crippen LogP contribution is 2.43. The Morgan fingerprint density at radius 3 is 1.05 bits per heavy atom. The van der Waals surface area contributed by atoms with Gasteiger partial charge in [-0.1, -0.05) is 83.1 Å². The van der Waals surface area contributed by atoms with Gasteiger partial charge in [-0.05, 0) is 58.1 Å². The molecule has 5 N–H and O–H groups in total. The predicted molar refractivity (Wildman–Crippen MR) is 165 cm³/mol. The first-order valence-corrected chi connectivity index (χ1v) is 13.8. The third kappa shape index (κ3) is 7.10. The third-order valence-corrected chi connectivity index (χ3v) is 6.81. The molecule has 0 radical (unpaired) electrons. The van der Waals surface area contributed by atoms with Crippen molar-refractivity contribution in [3.63, 3.8) is 0 Å². The second-order valence-corrected chi connectivity index (χ2v) is 14.8. The molecule has 0 bridgehead atoms. The van der Waals surface area contributed by atoms with E-state index in [1.54, 1.807) is 0 Å². The summed E-state index contributed by atoms with van der Waals surface area (Å²) in [6.07, 6.45) is 0. The number of nitrogens with zero attached hydrogens (tertiary/aromatic N) is 2. The topological polar surface area (TPSA) is 106 Å². The fraction of sp³-hybridized carbons (Fsp3) is 0.516. The summed E-state index contributed by atoms with van der Waals surface area (Å²) in [5, 5.41) is 28.8.